The lowest BCUT2D eigenvalue weighted by molar-refractivity contribution is -0.136. The van der Waals surface area contributed by atoms with E-state index < -0.39 is 29.7 Å². The molecule has 1 atom stereocenters. The van der Waals surface area contributed by atoms with Crippen molar-refractivity contribution >= 4 is 29.3 Å². The van der Waals surface area contributed by atoms with Gasteiger partial charge >= 0.3 is 0 Å². The first kappa shape index (κ1) is 26.8. The summed E-state index contributed by atoms with van der Waals surface area (Å²) in [7, 11) is 0. The van der Waals surface area contributed by atoms with Crippen LogP contribution in [-0.4, -0.2) is 80.8 Å². The molecular formula is C25H35N3O7. The topological polar surface area (TPSA) is 123 Å². The number of anilines is 1. The lowest BCUT2D eigenvalue weighted by Crippen LogP contribution is -2.54. The number of carbonyl (C=O) groups is 4. The van der Waals surface area contributed by atoms with Gasteiger partial charge in [0.2, 0.25) is 11.8 Å². The van der Waals surface area contributed by atoms with Crippen LogP contribution in [0.4, 0.5) is 5.69 Å². The number of hydrogen-bond donors (Lipinski definition) is 2. The van der Waals surface area contributed by atoms with Gasteiger partial charge < -0.3 is 19.5 Å². The van der Waals surface area contributed by atoms with E-state index in [0.717, 1.165) is 17.9 Å². The number of amides is 4. The first-order chi connectivity index (χ1) is 17.0. The number of ether oxygens (including phenoxy) is 3. The van der Waals surface area contributed by atoms with Crippen LogP contribution in [0.25, 0.3) is 0 Å². The largest absolute Gasteiger partial charge is 0.382 e. The maximum Gasteiger partial charge on any atom is 0.264 e. The molecule has 1 fully saturated rings. The van der Waals surface area contributed by atoms with Crippen LogP contribution in [0.1, 0.15) is 66.2 Å². The molecule has 2 N–H and O–H groups in total. The van der Waals surface area contributed by atoms with E-state index in [1.165, 1.54) is 19.3 Å². The number of benzene rings is 1. The van der Waals surface area contributed by atoms with Gasteiger partial charge in [0, 0.05) is 25.3 Å². The predicted octanol–water partition coefficient (Wildman–Crippen LogP) is 2.13. The van der Waals surface area contributed by atoms with Crippen LogP contribution in [-0.2, 0) is 23.8 Å². The summed E-state index contributed by atoms with van der Waals surface area (Å²) < 4.78 is 16.6. The van der Waals surface area contributed by atoms with Crippen LogP contribution in [0, 0.1) is 0 Å². The van der Waals surface area contributed by atoms with Crippen molar-refractivity contribution in [2.24, 2.45) is 0 Å². The predicted molar refractivity (Wildman–Crippen MR) is 128 cm³/mol. The minimum atomic E-state index is -0.984. The third-order valence-electron chi connectivity index (χ3n) is 5.92. The van der Waals surface area contributed by atoms with Gasteiger partial charge in [-0.3, -0.25) is 29.4 Å². The summed E-state index contributed by atoms with van der Waals surface area (Å²) in [6, 6.07) is 3.97. The van der Waals surface area contributed by atoms with Crippen molar-refractivity contribution < 1.29 is 33.4 Å². The Balaban J connectivity index is 1.35. The lowest BCUT2D eigenvalue weighted by atomic mass is 10.0. The second-order valence-electron chi connectivity index (χ2n) is 8.50. The summed E-state index contributed by atoms with van der Waals surface area (Å²) in [6.07, 6.45) is 4.96. The number of hydrogen-bond acceptors (Lipinski definition) is 8. The molecule has 1 aromatic carbocycles. The fraction of sp³-hybridized carbons (Fsp3) is 0.600. The highest BCUT2D eigenvalue weighted by atomic mass is 16.5. The Morgan fingerprint density at radius 3 is 2.34 bits per heavy atom. The molecule has 10 nitrogen and oxygen atoms in total. The number of nitrogens with one attached hydrogen (secondary N) is 2. The molecule has 4 amide bonds. The number of rotatable bonds is 16. The van der Waals surface area contributed by atoms with Gasteiger partial charge in [-0.25, -0.2) is 0 Å². The Bertz CT molecular complexity index is 905. The molecule has 0 aliphatic carbocycles. The first-order valence-corrected chi connectivity index (χ1v) is 12.4. The Morgan fingerprint density at radius 2 is 1.63 bits per heavy atom. The molecule has 0 saturated carbocycles. The molecule has 10 heteroatoms. The van der Waals surface area contributed by atoms with Gasteiger partial charge in [-0.1, -0.05) is 32.3 Å². The zero-order valence-electron chi connectivity index (χ0n) is 20.3. The number of imide groups is 2. The monoisotopic (exact) mass is 489 g/mol. The van der Waals surface area contributed by atoms with Crippen molar-refractivity contribution in [2.45, 2.75) is 51.5 Å². The van der Waals surface area contributed by atoms with Gasteiger partial charge in [-0.15, -0.1) is 0 Å². The zero-order chi connectivity index (χ0) is 25.0. The number of unbranched alkanes of at least 4 members (excludes halogenated alkanes) is 3. The van der Waals surface area contributed by atoms with Crippen LogP contribution in [0.5, 0.6) is 0 Å². The molecule has 0 radical (unpaired) electrons. The van der Waals surface area contributed by atoms with Crippen LogP contribution in [0.15, 0.2) is 18.2 Å². The summed E-state index contributed by atoms with van der Waals surface area (Å²) in [6.45, 7) is 5.79. The van der Waals surface area contributed by atoms with E-state index in [4.69, 9.17) is 14.2 Å². The summed E-state index contributed by atoms with van der Waals surface area (Å²) >= 11 is 0. The van der Waals surface area contributed by atoms with E-state index in [9.17, 15) is 19.2 Å². The Hall–Kier alpha value is -2.82. The molecule has 2 aliphatic heterocycles. The molecule has 3 rings (SSSR count). The molecule has 1 aromatic rings. The smallest absolute Gasteiger partial charge is 0.264 e. The summed E-state index contributed by atoms with van der Waals surface area (Å²) in [4.78, 5) is 50.5. The van der Waals surface area contributed by atoms with E-state index in [1.807, 2.05) is 0 Å². The number of piperidine rings is 1. The quantitative estimate of drug-likeness (QED) is 0.267. The van der Waals surface area contributed by atoms with Crippen molar-refractivity contribution in [1.82, 2.24) is 10.2 Å². The molecule has 2 aliphatic rings. The van der Waals surface area contributed by atoms with E-state index in [2.05, 4.69) is 17.6 Å². The van der Waals surface area contributed by atoms with Crippen LogP contribution in [0.3, 0.4) is 0 Å². The highest BCUT2D eigenvalue weighted by Crippen LogP contribution is 2.32. The molecule has 1 unspecified atom stereocenters. The maximum absolute atomic E-state index is 13.0. The van der Waals surface area contributed by atoms with Crippen LogP contribution in [0.2, 0.25) is 0 Å². The Kier molecular flexibility index (Phi) is 10.6. The molecule has 2 heterocycles. The van der Waals surface area contributed by atoms with Crippen molar-refractivity contribution in [3.63, 3.8) is 0 Å². The van der Waals surface area contributed by atoms with Gasteiger partial charge in [-0.2, -0.15) is 0 Å². The van der Waals surface area contributed by atoms with Gasteiger partial charge in [0.1, 0.15) is 6.04 Å². The average Bonchev–Trinajstić information content (AvgIpc) is 3.10. The summed E-state index contributed by atoms with van der Waals surface area (Å²) in [5.41, 5.74) is 0.985. The fourth-order valence-corrected chi connectivity index (χ4v) is 4.09. The van der Waals surface area contributed by atoms with Gasteiger partial charge in [0.15, 0.2) is 0 Å². The molecule has 192 valence electrons. The standard InChI is InChI=1S/C25H35N3O7/c1-2-3-4-5-12-33-14-16-35-17-15-34-13-11-26-19-8-6-7-18-22(19)25(32)28(24(18)31)20-9-10-21(29)27-23(20)30/h6-8,20,26H,2-5,9-17H2,1H3,(H,27,29,30). The normalized spacial score (nSPS) is 17.6. The highest BCUT2D eigenvalue weighted by Gasteiger charge is 2.45. The first-order valence-electron chi connectivity index (χ1n) is 12.4. The number of carbonyl (C=O) groups excluding carboxylic acids is 4. The van der Waals surface area contributed by atoms with Crippen LogP contribution >= 0.6 is 0 Å². The van der Waals surface area contributed by atoms with Crippen molar-refractivity contribution in [3.8, 4) is 0 Å². The van der Waals surface area contributed by atoms with Crippen LogP contribution < -0.4 is 10.6 Å². The molecule has 0 bridgehead atoms. The van der Waals surface area contributed by atoms with Crippen molar-refractivity contribution in [1.29, 1.82) is 0 Å². The maximum atomic E-state index is 13.0. The van der Waals surface area contributed by atoms with Gasteiger partial charge in [0.05, 0.1) is 44.2 Å². The van der Waals surface area contributed by atoms with Gasteiger partial charge in [-0.05, 0) is 25.0 Å². The Labute approximate surface area is 205 Å². The van der Waals surface area contributed by atoms with E-state index in [0.29, 0.717) is 45.3 Å². The lowest BCUT2D eigenvalue weighted by Gasteiger charge is -2.27. The number of nitrogens with zero attached hydrogens (tertiary/aromatic N) is 1. The fourth-order valence-electron chi connectivity index (χ4n) is 4.09. The SMILES string of the molecule is CCCCCCOCCOCCOCCNc1cccc2c1C(=O)N(C1CCC(=O)NC1=O)C2=O. The summed E-state index contributed by atoms with van der Waals surface area (Å²) in [5, 5.41) is 5.33. The summed E-state index contributed by atoms with van der Waals surface area (Å²) in [5.74, 6) is -2.09. The Morgan fingerprint density at radius 1 is 0.914 bits per heavy atom. The molecule has 0 spiro atoms. The molecule has 1 saturated heterocycles. The minimum Gasteiger partial charge on any atom is -0.382 e. The zero-order valence-corrected chi connectivity index (χ0v) is 20.3. The molecular weight excluding hydrogens is 454 g/mol. The second kappa shape index (κ2) is 13.9. The minimum absolute atomic E-state index is 0.0854. The van der Waals surface area contributed by atoms with E-state index >= 15 is 0 Å². The van der Waals surface area contributed by atoms with Gasteiger partial charge in [0.25, 0.3) is 11.8 Å². The third kappa shape index (κ3) is 7.33. The molecule has 35 heavy (non-hydrogen) atoms. The molecule has 0 aromatic heterocycles. The highest BCUT2D eigenvalue weighted by molar-refractivity contribution is 6.25. The van der Waals surface area contributed by atoms with Crippen molar-refractivity contribution in [2.75, 3.05) is 51.5 Å². The van der Waals surface area contributed by atoms with Crippen molar-refractivity contribution in [3.05, 3.63) is 29.3 Å². The van der Waals surface area contributed by atoms with E-state index in [-0.39, 0.29) is 24.0 Å². The second-order valence-corrected chi connectivity index (χ2v) is 8.50. The van der Waals surface area contributed by atoms with E-state index in [1.54, 1.807) is 18.2 Å². The number of fused-ring (bicyclic) bond motifs is 1. The third-order valence-corrected chi connectivity index (χ3v) is 5.92. The average molecular weight is 490 g/mol.